The van der Waals surface area contributed by atoms with Crippen LogP contribution < -0.4 is 0 Å². The monoisotopic (exact) mass is 279 g/mol. The van der Waals surface area contributed by atoms with Gasteiger partial charge in [-0.2, -0.15) is 0 Å². The molecule has 1 heterocycles. The van der Waals surface area contributed by atoms with E-state index in [-0.39, 0.29) is 12.0 Å². The van der Waals surface area contributed by atoms with E-state index in [1.54, 1.807) is 0 Å². The lowest BCUT2D eigenvalue weighted by Crippen LogP contribution is -2.43. The van der Waals surface area contributed by atoms with E-state index >= 15 is 0 Å². The molecule has 0 N–H and O–H groups in total. The maximum Gasteiger partial charge on any atom is 0.255 e. The van der Waals surface area contributed by atoms with Gasteiger partial charge < -0.3 is 9.64 Å². The Kier molecular flexibility index (Phi) is 5.28. The van der Waals surface area contributed by atoms with Crippen LogP contribution in [0.25, 0.3) is 0 Å². The Morgan fingerprint density at radius 3 is 3.00 bits per heavy atom. The Labute approximate surface area is 120 Å². The van der Waals surface area contributed by atoms with Crippen LogP contribution in [0, 0.1) is 0 Å². The summed E-state index contributed by atoms with van der Waals surface area (Å²) in [5, 5.41) is 0. The first-order chi connectivity index (χ1) is 9.22. The molecular weight excluding hydrogens is 258 g/mol. The van der Waals surface area contributed by atoms with Crippen molar-refractivity contribution in [3.05, 3.63) is 29.8 Å². The molecule has 1 atom stereocenters. The maximum atomic E-state index is 12.5. The molecule has 0 bridgehead atoms. The number of likely N-dealkylation sites (tertiary alicyclic amines) is 1. The SMILES string of the molecule is CCCOC1CCCN(C(=O)c2ccccc2S)C1. The number of hydrogen-bond acceptors (Lipinski definition) is 3. The summed E-state index contributed by atoms with van der Waals surface area (Å²) in [6.45, 7) is 4.38. The Morgan fingerprint density at radius 1 is 1.47 bits per heavy atom. The van der Waals surface area contributed by atoms with Crippen molar-refractivity contribution in [3.8, 4) is 0 Å². The first-order valence-corrected chi connectivity index (χ1v) is 7.36. The van der Waals surface area contributed by atoms with E-state index in [4.69, 9.17) is 4.74 Å². The minimum atomic E-state index is 0.0652. The summed E-state index contributed by atoms with van der Waals surface area (Å²) in [6, 6.07) is 7.46. The predicted octanol–water partition coefficient (Wildman–Crippen LogP) is 3.01. The van der Waals surface area contributed by atoms with Gasteiger partial charge >= 0.3 is 0 Å². The highest BCUT2D eigenvalue weighted by Crippen LogP contribution is 2.20. The van der Waals surface area contributed by atoms with Gasteiger partial charge in [0.25, 0.3) is 5.91 Å². The first-order valence-electron chi connectivity index (χ1n) is 6.91. The molecular formula is C15H21NO2S. The van der Waals surface area contributed by atoms with Gasteiger partial charge in [-0.25, -0.2) is 0 Å². The van der Waals surface area contributed by atoms with Crippen LogP contribution in [0.15, 0.2) is 29.2 Å². The van der Waals surface area contributed by atoms with Crippen molar-refractivity contribution in [1.82, 2.24) is 4.90 Å². The average molecular weight is 279 g/mol. The Hall–Kier alpha value is -1.00. The summed E-state index contributed by atoms with van der Waals surface area (Å²) in [4.78, 5) is 15.1. The molecule has 1 fully saturated rings. The highest BCUT2D eigenvalue weighted by molar-refractivity contribution is 7.80. The van der Waals surface area contributed by atoms with Gasteiger partial charge in [-0.1, -0.05) is 19.1 Å². The zero-order valence-corrected chi connectivity index (χ0v) is 12.2. The number of amides is 1. The molecule has 1 aromatic carbocycles. The van der Waals surface area contributed by atoms with E-state index < -0.39 is 0 Å². The molecule has 1 saturated heterocycles. The largest absolute Gasteiger partial charge is 0.376 e. The molecule has 104 valence electrons. The Bertz CT molecular complexity index is 436. The fourth-order valence-electron chi connectivity index (χ4n) is 2.37. The van der Waals surface area contributed by atoms with Gasteiger partial charge in [0.05, 0.1) is 11.7 Å². The highest BCUT2D eigenvalue weighted by atomic mass is 32.1. The normalized spacial score (nSPS) is 19.5. The van der Waals surface area contributed by atoms with Crippen molar-refractivity contribution in [2.75, 3.05) is 19.7 Å². The van der Waals surface area contributed by atoms with Gasteiger partial charge in [0, 0.05) is 24.6 Å². The van der Waals surface area contributed by atoms with Crippen molar-refractivity contribution in [2.24, 2.45) is 0 Å². The second kappa shape index (κ2) is 6.96. The van der Waals surface area contributed by atoms with Crippen molar-refractivity contribution < 1.29 is 9.53 Å². The predicted molar refractivity (Wildman–Crippen MR) is 78.9 cm³/mol. The van der Waals surface area contributed by atoms with Gasteiger partial charge in [-0.15, -0.1) is 12.6 Å². The van der Waals surface area contributed by atoms with E-state index in [1.165, 1.54) is 0 Å². The molecule has 19 heavy (non-hydrogen) atoms. The number of rotatable bonds is 4. The number of nitrogens with zero attached hydrogens (tertiary/aromatic N) is 1. The van der Waals surface area contributed by atoms with Gasteiger partial charge in [0.2, 0.25) is 0 Å². The van der Waals surface area contributed by atoms with Crippen LogP contribution in [0.3, 0.4) is 0 Å². The fourth-order valence-corrected chi connectivity index (χ4v) is 2.62. The summed E-state index contributed by atoms with van der Waals surface area (Å²) >= 11 is 4.36. The molecule has 1 aromatic rings. The van der Waals surface area contributed by atoms with Crippen LogP contribution in [-0.2, 0) is 4.74 Å². The number of piperidine rings is 1. The van der Waals surface area contributed by atoms with E-state index in [9.17, 15) is 4.79 Å². The van der Waals surface area contributed by atoms with Crippen molar-refractivity contribution in [2.45, 2.75) is 37.2 Å². The molecule has 4 heteroatoms. The Morgan fingerprint density at radius 2 is 2.26 bits per heavy atom. The Balaban J connectivity index is 2.01. The third kappa shape index (κ3) is 3.74. The molecule has 3 nitrogen and oxygen atoms in total. The zero-order chi connectivity index (χ0) is 13.7. The standard InChI is InChI=1S/C15H21NO2S/c1-2-10-18-12-6-5-9-16(11-12)15(17)13-7-3-4-8-14(13)19/h3-4,7-8,12,19H,2,5-6,9-11H2,1H3. The first kappa shape index (κ1) is 14.4. The van der Waals surface area contributed by atoms with Crippen LogP contribution in [0.2, 0.25) is 0 Å². The molecule has 1 aliphatic heterocycles. The molecule has 1 amide bonds. The number of thiol groups is 1. The van der Waals surface area contributed by atoms with Crippen LogP contribution >= 0.6 is 12.6 Å². The van der Waals surface area contributed by atoms with Gasteiger partial charge in [0.1, 0.15) is 0 Å². The molecule has 1 unspecified atom stereocenters. The van der Waals surface area contributed by atoms with Crippen molar-refractivity contribution >= 4 is 18.5 Å². The second-order valence-corrected chi connectivity index (χ2v) is 5.39. The number of hydrogen-bond donors (Lipinski definition) is 1. The topological polar surface area (TPSA) is 29.5 Å². The summed E-state index contributed by atoms with van der Waals surface area (Å²) < 4.78 is 5.77. The molecule has 0 aromatic heterocycles. The van der Waals surface area contributed by atoms with Crippen LogP contribution in [0.4, 0.5) is 0 Å². The number of carbonyl (C=O) groups excluding carboxylic acids is 1. The van der Waals surface area contributed by atoms with Gasteiger partial charge in [-0.05, 0) is 31.4 Å². The van der Waals surface area contributed by atoms with Gasteiger partial charge in [-0.3, -0.25) is 4.79 Å². The van der Waals surface area contributed by atoms with Crippen LogP contribution in [-0.4, -0.2) is 36.6 Å². The molecule has 0 radical (unpaired) electrons. The quantitative estimate of drug-likeness (QED) is 0.859. The summed E-state index contributed by atoms with van der Waals surface area (Å²) in [5.74, 6) is 0.0652. The smallest absolute Gasteiger partial charge is 0.255 e. The third-order valence-corrected chi connectivity index (χ3v) is 3.75. The minimum Gasteiger partial charge on any atom is -0.376 e. The average Bonchev–Trinajstić information content (AvgIpc) is 2.45. The van der Waals surface area contributed by atoms with E-state index in [2.05, 4.69) is 19.6 Å². The number of carbonyl (C=O) groups is 1. The van der Waals surface area contributed by atoms with E-state index in [0.717, 1.165) is 37.3 Å². The molecule has 2 rings (SSSR count). The molecule has 0 spiro atoms. The lowest BCUT2D eigenvalue weighted by molar-refractivity contribution is 0.00200. The number of ether oxygens (including phenoxy) is 1. The van der Waals surface area contributed by atoms with Crippen LogP contribution in [0.1, 0.15) is 36.5 Å². The lowest BCUT2D eigenvalue weighted by Gasteiger charge is -2.33. The van der Waals surface area contributed by atoms with E-state index in [1.807, 2.05) is 29.2 Å². The summed E-state index contributed by atoms with van der Waals surface area (Å²) in [6.07, 6.45) is 3.26. The molecule has 1 aliphatic rings. The van der Waals surface area contributed by atoms with E-state index in [0.29, 0.717) is 12.1 Å². The molecule has 0 aliphatic carbocycles. The van der Waals surface area contributed by atoms with Crippen molar-refractivity contribution in [1.29, 1.82) is 0 Å². The maximum absolute atomic E-state index is 12.5. The summed E-state index contributed by atoms with van der Waals surface area (Å²) in [5.41, 5.74) is 0.682. The fraction of sp³-hybridized carbons (Fsp3) is 0.533. The summed E-state index contributed by atoms with van der Waals surface area (Å²) in [7, 11) is 0. The molecule has 0 saturated carbocycles. The third-order valence-electron chi connectivity index (χ3n) is 3.36. The van der Waals surface area contributed by atoms with Crippen molar-refractivity contribution in [3.63, 3.8) is 0 Å². The van der Waals surface area contributed by atoms with Crippen LogP contribution in [0.5, 0.6) is 0 Å². The number of benzene rings is 1. The lowest BCUT2D eigenvalue weighted by atomic mass is 10.1. The highest BCUT2D eigenvalue weighted by Gasteiger charge is 2.25. The van der Waals surface area contributed by atoms with Gasteiger partial charge in [0.15, 0.2) is 0 Å². The zero-order valence-electron chi connectivity index (χ0n) is 11.3. The second-order valence-electron chi connectivity index (χ2n) is 4.90. The minimum absolute atomic E-state index is 0.0652.